The summed E-state index contributed by atoms with van der Waals surface area (Å²) in [4.78, 5) is 27.9. The number of carbonyl (C=O) groups is 1. The predicted molar refractivity (Wildman–Crippen MR) is 82.5 cm³/mol. The van der Waals surface area contributed by atoms with Gasteiger partial charge in [-0.3, -0.25) is 13.8 Å². The van der Waals surface area contributed by atoms with Gasteiger partial charge in [0.05, 0.1) is 12.8 Å². The molecule has 7 heteroatoms. The Bertz CT molecular complexity index is 865. The Balaban J connectivity index is 1.77. The number of carbonyl (C=O) groups excluding carboxylic acids is 1. The van der Waals surface area contributed by atoms with Gasteiger partial charge in [-0.2, -0.15) is 0 Å². The molecule has 3 rings (SSSR count). The molecule has 0 radical (unpaired) electrons. The smallest absolute Gasteiger partial charge is 0.406 e. The number of pyridine rings is 1. The van der Waals surface area contributed by atoms with Crippen LogP contribution in [0.3, 0.4) is 0 Å². The Labute approximate surface area is 126 Å². The van der Waals surface area contributed by atoms with Crippen LogP contribution in [0.2, 0.25) is 0 Å². The van der Waals surface area contributed by atoms with Gasteiger partial charge in [0.2, 0.25) is 0 Å². The molecule has 1 amide bonds. The predicted octanol–water partition coefficient (Wildman–Crippen LogP) is 1.53. The summed E-state index contributed by atoms with van der Waals surface area (Å²) in [5.41, 5.74) is 3.06. The van der Waals surface area contributed by atoms with Crippen LogP contribution in [0.5, 0.6) is 0 Å². The highest BCUT2D eigenvalue weighted by atomic mass is 16.5. The van der Waals surface area contributed by atoms with Crippen molar-refractivity contribution in [3.05, 3.63) is 34.2 Å². The molecule has 3 aromatic rings. The molecule has 3 heterocycles. The molecule has 22 heavy (non-hydrogen) atoms. The number of hydrogen-bond acceptors (Lipinski definition) is 4. The Kier molecular flexibility index (Phi) is 3.70. The van der Waals surface area contributed by atoms with Gasteiger partial charge in [0.25, 0.3) is 5.56 Å². The molecular weight excluding hydrogens is 284 g/mol. The molecule has 0 fully saturated rings. The van der Waals surface area contributed by atoms with E-state index < -0.39 is 6.09 Å². The summed E-state index contributed by atoms with van der Waals surface area (Å²) >= 11 is 0. The van der Waals surface area contributed by atoms with Gasteiger partial charge in [0, 0.05) is 13.1 Å². The topological polar surface area (TPSA) is 77.6 Å². The van der Waals surface area contributed by atoms with Gasteiger partial charge in [0.15, 0.2) is 0 Å². The minimum atomic E-state index is -0.431. The summed E-state index contributed by atoms with van der Waals surface area (Å²) in [6.07, 6.45) is 1.14. The summed E-state index contributed by atoms with van der Waals surface area (Å²) < 4.78 is 8.19. The van der Waals surface area contributed by atoms with Crippen molar-refractivity contribution in [1.29, 1.82) is 0 Å². The maximum atomic E-state index is 12.6. The van der Waals surface area contributed by atoms with Crippen molar-refractivity contribution in [2.24, 2.45) is 0 Å². The number of methoxy groups -OCH3 is 1. The molecule has 116 valence electrons. The summed E-state index contributed by atoms with van der Waals surface area (Å²) in [6, 6.07) is 5.73. The first kappa shape index (κ1) is 14.4. The zero-order chi connectivity index (χ0) is 15.7. The van der Waals surface area contributed by atoms with Crippen LogP contribution in [-0.2, 0) is 11.3 Å². The fourth-order valence-corrected chi connectivity index (χ4v) is 2.76. The van der Waals surface area contributed by atoms with Crippen LogP contribution in [0.4, 0.5) is 4.79 Å². The first-order valence-electron chi connectivity index (χ1n) is 7.25. The molecule has 0 bridgehead atoms. The Morgan fingerprint density at radius 1 is 1.36 bits per heavy atom. The number of nitrogens with zero attached hydrogens (tertiary/aromatic N) is 3. The highest BCUT2D eigenvalue weighted by molar-refractivity contribution is 5.69. The zero-order valence-corrected chi connectivity index (χ0v) is 12.6. The molecule has 0 spiro atoms. The number of amides is 1. The quantitative estimate of drug-likeness (QED) is 0.725. The number of unbranched alkanes of at least 4 members (excludes halogenated alkanes) is 1. The molecule has 0 saturated carbocycles. The number of aromatic nitrogens is 3. The Morgan fingerprint density at radius 2 is 2.18 bits per heavy atom. The molecule has 0 aromatic carbocycles. The van der Waals surface area contributed by atoms with E-state index in [2.05, 4.69) is 15.0 Å². The van der Waals surface area contributed by atoms with Crippen LogP contribution in [0.25, 0.3) is 16.8 Å². The van der Waals surface area contributed by atoms with Gasteiger partial charge in [-0.25, -0.2) is 9.78 Å². The average Bonchev–Trinajstić information content (AvgIpc) is 2.99. The van der Waals surface area contributed by atoms with Crippen LogP contribution in [0.15, 0.2) is 23.0 Å². The van der Waals surface area contributed by atoms with E-state index in [4.69, 9.17) is 0 Å². The van der Waals surface area contributed by atoms with Gasteiger partial charge in [0.1, 0.15) is 16.8 Å². The number of aryl methyl sites for hydroxylation is 2. The lowest BCUT2D eigenvalue weighted by molar-refractivity contribution is 0.171. The molecule has 7 nitrogen and oxygen atoms in total. The third-order valence-corrected chi connectivity index (χ3v) is 3.78. The van der Waals surface area contributed by atoms with E-state index in [1.807, 2.05) is 29.5 Å². The highest BCUT2D eigenvalue weighted by Crippen LogP contribution is 2.17. The number of hydrogen-bond donors (Lipinski definition) is 1. The van der Waals surface area contributed by atoms with E-state index in [1.165, 1.54) is 7.11 Å². The Hall–Kier alpha value is -2.57. The number of rotatable bonds is 5. The van der Waals surface area contributed by atoms with E-state index in [0.717, 1.165) is 29.8 Å². The van der Waals surface area contributed by atoms with Gasteiger partial charge < -0.3 is 10.1 Å². The fraction of sp³-hybridized carbons (Fsp3) is 0.400. The largest absolute Gasteiger partial charge is 0.453 e. The second-order valence-electron chi connectivity index (χ2n) is 5.21. The normalized spacial score (nSPS) is 11.4. The lowest BCUT2D eigenvalue weighted by Crippen LogP contribution is -2.24. The van der Waals surface area contributed by atoms with E-state index in [9.17, 15) is 9.59 Å². The van der Waals surface area contributed by atoms with Crippen molar-refractivity contribution in [2.75, 3.05) is 13.7 Å². The number of nitrogens with one attached hydrogen (secondary N) is 1. The van der Waals surface area contributed by atoms with Crippen molar-refractivity contribution in [3.8, 4) is 0 Å². The summed E-state index contributed by atoms with van der Waals surface area (Å²) in [6.45, 7) is 3.00. The van der Waals surface area contributed by atoms with E-state index in [0.29, 0.717) is 18.6 Å². The molecule has 0 aliphatic rings. The van der Waals surface area contributed by atoms with Gasteiger partial charge in [-0.1, -0.05) is 6.07 Å². The molecule has 3 aromatic heterocycles. The zero-order valence-electron chi connectivity index (χ0n) is 12.6. The first-order valence-corrected chi connectivity index (χ1v) is 7.25. The lowest BCUT2D eigenvalue weighted by Gasteiger charge is -2.05. The number of imidazole rings is 2. The maximum absolute atomic E-state index is 12.6. The minimum absolute atomic E-state index is 0.00729. The van der Waals surface area contributed by atoms with Crippen molar-refractivity contribution in [3.63, 3.8) is 0 Å². The SMILES string of the molecule is COC(=O)NCCCCn1c(=O)c2c(C)nc3cccc1n32. The standard InChI is InChI=1S/C15H18N4O3/c1-10-13-14(20)18(9-4-3-8-16-15(21)22-2)12-7-5-6-11(17-10)19(12)13/h5-7H,3-4,8-9H2,1-2H3,(H,16,21). The van der Waals surface area contributed by atoms with Crippen LogP contribution < -0.4 is 10.9 Å². The van der Waals surface area contributed by atoms with Crippen LogP contribution >= 0.6 is 0 Å². The molecular formula is C15H18N4O3. The molecule has 1 N–H and O–H groups in total. The van der Waals surface area contributed by atoms with Gasteiger partial charge in [-0.15, -0.1) is 0 Å². The minimum Gasteiger partial charge on any atom is -0.453 e. The second-order valence-corrected chi connectivity index (χ2v) is 5.21. The van der Waals surface area contributed by atoms with E-state index in [-0.39, 0.29) is 5.56 Å². The monoisotopic (exact) mass is 302 g/mol. The van der Waals surface area contributed by atoms with Crippen molar-refractivity contribution >= 4 is 22.9 Å². The second kappa shape index (κ2) is 5.67. The number of ether oxygens (including phenoxy) is 1. The van der Waals surface area contributed by atoms with Crippen LogP contribution in [-0.4, -0.2) is 33.7 Å². The Morgan fingerprint density at radius 3 is 2.95 bits per heavy atom. The van der Waals surface area contributed by atoms with Crippen molar-refractivity contribution < 1.29 is 9.53 Å². The van der Waals surface area contributed by atoms with Crippen molar-refractivity contribution in [2.45, 2.75) is 26.3 Å². The molecule has 0 aliphatic heterocycles. The first-order chi connectivity index (χ1) is 10.6. The van der Waals surface area contributed by atoms with E-state index >= 15 is 0 Å². The maximum Gasteiger partial charge on any atom is 0.406 e. The van der Waals surface area contributed by atoms with Crippen LogP contribution in [0.1, 0.15) is 18.5 Å². The van der Waals surface area contributed by atoms with Crippen molar-refractivity contribution in [1.82, 2.24) is 19.3 Å². The third kappa shape index (κ3) is 2.28. The van der Waals surface area contributed by atoms with Gasteiger partial charge in [-0.05, 0) is 31.9 Å². The third-order valence-electron chi connectivity index (χ3n) is 3.78. The molecule has 0 atom stereocenters. The van der Waals surface area contributed by atoms with Crippen LogP contribution in [0, 0.1) is 6.92 Å². The summed E-state index contributed by atoms with van der Waals surface area (Å²) in [5.74, 6) is 0. The fourth-order valence-electron chi connectivity index (χ4n) is 2.76. The summed E-state index contributed by atoms with van der Waals surface area (Å²) in [5, 5.41) is 2.63. The number of alkyl carbamates (subject to hydrolysis) is 1. The average molecular weight is 302 g/mol. The highest BCUT2D eigenvalue weighted by Gasteiger charge is 2.17. The lowest BCUT2D eigenvalue weighted by atomic mass is 10.3. The molecule has 0 saturated heterocycles. The molecule has 0 aliphatic carbocycles. The van der Waals surface area contributed by atoms with E-state index in [1.54, 1.807) is 4.57 Å². The summed E-state index contributed by atoms with van der Waals surface area (Å²) in [7, 11) is 1.34. The van der Waals surface area contributed by atoms with Gasteiger partial charge >= 0.3 is 6.09 Å². The molecule has 0 unspecified atom stereocenters.